The van der Waals surface area contributed by atoms with Crippen LogP contribution in [0.25, 0.3) is 11.2 Å². The summed E-state index contributed by atoms with van der Waals surface area (Å²) < 4.78 is 72.4. The molecule has 2 fully saturated rings. The monoisotopic (exact) mass is 1200 g/mol. The van der Waals surface area contributed by atoms with Gasteiger partial charge in [0.1, 0.15) is 42.4 Å². The van der Waals surface area contributed by atoms with Crippen molar-refractivity contribution in [1.82, 2.24) is 30.2 Å². The minimum Gasteiger partial charge on any atom is -0.790 e. The maximum Gasteiger partial charge on any atom is 0.274 e. The second-order valence-corrected chi connectivity index (χ2v) is 25.8. The van der Waals surface area contributed by atoms with Crippen molar-refractivity contribution in [2.24, 2.45) is 5.41 Å². The molecule has 0 saturated carbocycles. The number of thioether (sulfide) groups is 1. The van der Waals surface area contributed by atoms with E-state index in [-0.39, 0.29) is 60.2 Å². The van der Waals surface area contributed by atoms with E-state index in [1.807, 2.05) is 6.92 Å². The summed E-state index contributed by atoms with van der Waals surface area (Å²) in [6.07, 6.45) is 8.91. The van der Waals surface area contributed by atoms with Crippen LogP contribution >= 0.6 is 35.2 Å². The molecule has 2 amide bonds. The number of aliphatic hydroxyl groups excluding tert-OH is 4. The number of aromatic nitrogens is 4. The van der Waals surface area contributed by atoms with E-state index < -0.39 is 103 Å². The van der Waals surface area contributed by atoms with E-state index in [2.05, 4.69) is 43.5 Å². The second-order valence-electron chi connectivity index (χ2n) is 20.6. The first kappa shape index (κ1) is 68.9. The SMILES string of the molecule is C[C@H](CCCCCCCCCCCCCCCCCC(=O)SCCNC(=O)CCNC(=O)[C@H](O)C(C)(C)COP(=O)([O-])OP(=O)([O-])OC[C@H]1O[C@@H](n2cnc3c(N)ncnc32)[C@H](O)[C@@H]1OP(=O)([O-])[O-])O[C@@H]1O[C@@H](C)[C@H](O)C[C@H]1O. The zero-order valence-electron chi connectivity index (χ0n) is 45.2. The van der Waals surface area contributed by atoms with Crippen molar-refractivity contribution in [3.05, 3.63) is 12.7 Å². The smallest absolute Gasteiger partial charge is 0.274 e. The number of fused-ring (bicyclic) bond motifs is 1. The van der Waals surface area contributed by atoms with Crippen LogP contribution in [0.3, 0.4) is 0 Å². The van der Waals surface area contributed by atoms with Crippen LogP contribution in [-0.2, 0) is 60.2 Å². The Morgan fingerprint density at radius 3 is 2.05 bits per heavy atom. The number of anilines is 1. The Bertz CT molecular complexity index is 2340. The number of imidazole rings is 1. The standard InChI is InChI=1S/C47H84N7O21P3S/c1-31(71-46-34(56)26-33(55)32(2)72-46)20-18-16-14-12-10-8-6-5-7-9-11-13-15-17-19-21-37(58)79-25-24-49-36(57)22-23-50-44(61)41(60)47(3,4)28-70-78(67,68)75-77(65,66)69-27-35-40(74-76(62,63)64)39(59)45(73-35)54-30-53-38-42(48)51-29-52-43(38)54/h29-35,39-41,45-46,55-56,59-60H,5-28H2,1-4H3,(H,49,57)(H,50,61)(H,65,66)(H,67,68)(H2,48,51,52)(H2,62,63,64)/p-4/t31-,32+,33-,34-,35-,39-,40-,41+,45-,46-/m1/s1. The van der Waals surface area contributed by atoms with Gasteiger partial charge in [0.25, 0.3) is 15.6 Å². The van der Waals surface area contributed by atoms with Crippen molar-refractivity contribution in [3.8, 4) is 0 Å². The molecule has 2 aromatic rings. The van der Waals surface area contributed by atoms with Crippen molar-refractivity contribution >= 4 is 69.1 Å². The molecule has 32 heteroatoms. The van der Waals surface area contributed by atoms with E-state index in [0.717, 1.165) is 73.9 Å². The Labute approximate surface area is 464 Å². The number of carbonyl (C=O) groups excluding carboxylic acids is 3. The van der Waals surface area contributed by atoms with Gasteiger partial charge in [0.2, 0.25) is 11.8 Å². The number of ether oxygens (including phenoxy) is 3. The quantitative estimate of drug-likeness (QED) is 0.0372. The Balaban J connectivity index is 0.972. The Hall–Kier alpha value is -2.60. The Morgan fingerprint density at radius 1 is 0.835 bits per heavy atom. The molecule has 2 unspecified atom stereocenters. The number of aliphatic hydroxyl groups is 4. The predicted octanol–water partition coefficient (Wildman–Crippen LogP) is 2.03. The number of amides is 2. The molecule has 4 rings (SSSR count). The average Bonchev–Trinajstić information content (AvgIpc) is 4.09. The molecule has 12 atom stereocenters. The number of phosphoric ester groups is 3. The third kappa shape index (κ3) is 25.0. The van der Waals surface area contributed by atoms with Crippen LogP contribution in [0.5, 0.6) is 0 Å². The van der Waals surface area contributed by atoms with Gasteiger partial charge in [-0.25, -0.2) is 19.3 Å². The van der Waals surface area contributed by atoms with Crippen molar-refractivity contribution in [1.29, 1.82) is 0 Å². The average molecular weight is 1200 g/mol. The number of nitrogens with one attached hydrogen (secondary N) is 2. The lowest BCUT2D eigenvalue weighted by Crippen LogP contribution is -2.48. The molecule has 2 aromatic heterocycles. The topological polar surface area (TPSA) is 434 Å². The van der Waals surface area contributed by atoms with Gasteiger partial charge >= 0.3 is 0 Å². The van der Waals surface area contributed by atoms with Crippen molar-refractivity contribution in [2.45, 2.75) is 211 Å². The normalized spacial score (nSPS) is 24.2. The maximum absolute atomic E-state index is 12.7. The molecule has 0 bridgehead atoms. The van der Waals surface area contributed by atoms with Crippen LogP contribution in [0.1, 0.15) is 156 Å². The lowest BCUT2D eigenvalue weighted by atomic mass is 9.87. The van der Waals surface area contributed by atoms with Gasteiger partial charge in [-0.1, -0.05) is 116 Å². The number of nitrogens with two attached hydrogens (primary N) is 1. The van der Waals surface area contributed by atoms with E-state index >= 15 is 0 Å². The van der Waals surface area contributed by atoms with Crippen LogP contribution in [0, 0.1) is 5.41 Å². The fraction of sp³-hybridized carbons (Fsp3) is 0.830. The minimum absolute atomic E-state index is 0.00473. The first-order chi connectivity index (χ1) is 37.2. The fourth-order valence-electron chi connectivity index (χ4n) is 8.71. The Morgan fingerprint density at radius 2 is 1.43 bits per heavy atom. The van der Waals surface area contributed by atoms with E-state index in [1.54, 1.807) is 6.92 Å². The molecule has 0 aromatic carbocycles. The molecule has 2 saturated heterocycles. The summed E-state index contributed by atoms with van der Waals surface area (Å²) in [6.45, 7) is 3.91. The van der Waals surface area contributed by atoms with Gasteiger partial charge in [-0.2, -0.15) is 0 Å². The van der Waals surface area contributed by atoms with Crippen molar-refractivity contribution in [3.63, 3.8) is 0 Å². The van der Waals surface area contributed by atoms with Gasteiger partial charge in [0, 0.05) is 43.5 Å². The minimum atomic E-state index is -5.93. The number of carbonyl (C=O) groups is 3. The zero-order chi connectivity index (χ0) is 58.4. The number of unbranched alkanes of at least 4 members (excludes halogenated alkanes) is 14. The molecule has 0 spiro atoms. The number of hydrogen-bond acceptors (Lipinski definition) is 26. The van der Waals surface area contributed by atoms with Gasteiger partial charge in [-0.05, 0) is 26.7 Å². The molecule has 8 N–H and O–H groups in total. The molecule has 454 valence electrons. The summed E-state index contributed by atoms with van der Waals surface area (Å²) in [5.74, 6) is -1.17. The Kier molecular flexibility index (Phi) is 29.3. The lowest BCUT2D eigenvalue weighted by molar-refractivity contribution is -0.347. The molecule has 0 aliphatic carbocycles. The van der Waals surface area contributed by atoms with E-state index in [4.69, 9.17) is 19.9 Å². The molecular weight excluding hydrogens is 1120 g/mol. The summed E-state index contributed by atoms with van der Waals surface area (Å²) in [5, 5.41) is 46.5. The van der Waals surface area contributed by atoms with E-state index in [0.29, 0.717) is 12.2 Å². The number of rotatable bonds is 39. The number of nitrogen functional groups attached to an aromatic ring is 1. The highest BCUT2D eigenvalue weighted by Crippen LogP contribution is 2.56. The van der Waals surface area contributed by atoms with Crippen LogP contribution in [-0.4, -0.2) is 144 Å². The molecule has 2 aliphatic heterocycles. The van der Waals surface area contributed by atoms with Crippen LogP contribution in [0.4, 0.5) is 5.82 Å². The highest BCUT2D eigenvalue weighted by atomic mass is 32.2. The van der Waals surface area contributed by atoms with Gasteiger partial charge < -0.3 is 88.7 Å². The first-order valence-corrected chi connectivity index (χ1v) is 32.2. The molecular formula is C47H80N7O21P3S-4. The largest absolute Gasteiger partial charge is 0.790 e. The van der Waals surface area contributed by atoms with Gasteiger partial charge in [0.05, 0.1) is 45.7 Å². The van der Waals surface area contributed by atoms with Gasteiger partial charge in [-0.3, -0.25) is 28.1 Å². The molecule has 28 nitrogen and oxygen atoms in total. The highest BCUT2D eigenvalue weighted by molar-refractivity contribution is 8.13. The fourth-order valence-corrected chi connectivity index (χ4v) is 12.2. The van der Waals surface area contributed by atoms with E-state index in [9.17, 15) is 68.1 Å². The number of hydrogen-bond donors (Lipinski definition) is 7. The second kappa shape index (κ2) is 33.6. The first-order valence-electron chi connectivity index (χ1n) is 26.8. The van der Waals surface area contributed by atoms with E-state index in [1.165, 1.54) is 71.6 Å². The number of nitrogens with zero attached hydrogens (tertiary/aromatic N) is 4. The summed E-state index contributed by atoms with van der Waals surface area (Å²) in [6, 6.07) is 0. The van der Waals surface area contributed by atoms with Crippen molar-refractivity contribution in [2.75, 3.05) is 37.8 Å². The van der Waals surface area contributed by atoms with Gasteiger partial charge in [0.15, 0.2) is 29.1 Å². The molecule has 2 aliphatic rings. The summed E-state index contributed by atoms with van der Waals surface area (Å²) >= 11 is 1.13. The molecule has 0 radical (unpaired) electrons. The van der Waals surface area contributed by atoms with Crippen LogP contribution in [0.15, 0.2) is 12.7 Å². The highest BCUT2D eigenvalue weighted by Gasteiger charge is 2.47. The molecule has 79 heavy (non-hydrogen) atoms. The summed E-state index contributed by atoms with van der Waals surface area (Å²) in [4.78, 5) is 97.2. The maximum atomic E-state index is 12.7. The van der Waals surface area contributed by atoms with Crippen LogP contribution < -0.4 is 35.9 Å². The third-order valence-electron chi connectivity index (χ3n) is 13.3. The van der Waals surface area contributed by atoms with Crippen molar-refractivity contribution < 1.29 is 100 Å². The predicted molar refractivity (Wildman–Crippen MR) is 278 cm³/mol. The summed E-state index contributed by atoms with van der Waals surface area (Å²) in [7, 11) is -17.6. The zero-order valence-corrected chi connectivity index (χ0v) is 48.7. The lowest BCUT2D eigenvalue weighted by Gasteiger charge is -2.36. The number of phosphoric acid groups is 3. The van der Waals surface area contributed by atoms with Gasteiger partial charge in [-0.15, -0.1) is 0 Å². The molecule has 4 heterocycles. The third-order valence-corrected chi connectivity index (χ3v) is 17.2. The van der Waals surface area contributed by atoms with Crippen LogP contribution in [0.2, 0.25) is 0 Å². The summed E-state index contributed by atoms with van der Waals surface area (Å²) in [5.41, 5.74) is 4.08.